The molecule has 1 aromatic rings. The van der Waals surface area contributed by atoms with Crippen LogP contribution in [0, 0.1) is 5.92 Å². The molecule has 6 heteroatoms. The molecular formula is C26H37NO5. The van der Waals surface area contributed by atoms with Gasteiger partial charge in [-0.3, -0.25) is 4.90 Å². The van der Waals surface area contributed by atoms with Gasteiger partial charge in [-0.2, -0.15) is 0 Å². The Morgan fingerprint density at radius 3 is 2.53 bits per heavy atom. The second-order valence-corrected chi connectivity index (χ2v) is 10.3. The molecule has 1 aliphatic heterocycles. The molecule has 0 saturated carbocycles. The number of amides is 1. The van der Waals surface area contributed by atoms with Crippen LogP contribution in [0.5, 0.6) is 11.5 Å². The van der Waals surface area contributed by atoms with E-state index in [1.54, 1.807) is 26.8 Å². The van der Waals surface area contributed by atoms with Crippen molar-refractivity contribution in [2.24, 2.45) is 5.92 Å². The summed E-state index contributed by atoms with van der Waals surface area (Å²) in [5, 5.41) is 32.2. The first-order chi connectivity index (χ1) is 14.9. The van der Waals surface area contributed by atoms with Crippen molar-refractivity contribution in [1.29, 1.82) is 0 Å². The average Bonchev–Trinajstić information content (AvgIpc) is 2.66. The lowest BCUT2D eigenvalue weighted by molar-refractivity contribution is 0.0576. The van der Waals surface area contributed by atoms with Gasteiger partial charge in [-0.15, -0.1) is 0 Å². The van der Waals surface area contributed by atoms with Crippen molar-refractivity contribution < 1.29 is 24.9 Å². The summed E-state index contributed by atoms with van der Waals surface area (Å²) in [4.78, 5) is 14.4. The average molecular weight is 444 g/mol. The number of phenolic OH excluding ortho intramolecular Hbond substituents is 2. The lowest BCUT2D eigenvalue weighted by Gasteiger charge is -2.38. The van der Waals surface area contributed by atoms with Gasteiger partial charge in [-0.1, -0.05) is 23.8 Å². The van der Waals surface area contributed by atoms with Gasteiger partial charge in [0.05, 0.1) is 5.69 Å². The molecule has 2 aliphatic rings. The van der Waals surface area contributed by atoms with Crippen LogP contribution in [0.25, 0.3) is 0 Å². The van der Waals surface area contributed by atoms with Gasteiger partial charge in [0, 0.05) is 36.3 Å². The monoisotopic (exact) mass is 443 g/mol. The first kappa shape index (κ1) is 24.2. The second-order valence-electron chi connectivity index (χ2n) is 10.3. The first-order valence-electron chi connectivity index (χ1n) is 11.5. The van der Waals surface area contributed by atoms with Crippen molar-refractivity contribution >= 4 is 11.8 Å². The van der Waals surface area contributed by atoms with E-state index in [0.29, 0.717) is 36.2 Å². The second kappa shape index (κ2) is 9.18. The fourth-order valence-electron chi connectivity index (χ4n) is 5.03. The molecule has 0 unspecified atom stereocenters. The predicted molar refractivity (Wildman–Crippen MR) is 126 cm³/mol. The summed E-state index contributed by atoms with van der Waals surface area (Å²) < 4.78 is 5.57. The molecule has 1 aromatic carbocycles. The minimum absolute atomic E-state index is 0.00825. The Morgan fingerprint density at radius 2 is 1.94 bits per heavy atom. The van der Waals surface area contributed by atoms with Crippen LogP contribution in [-0.4, -0.2) is 40.2 Å². The van der Waals surface area contributed by atoms with Gasteiger partial charge in [-0.05, 0) is 72.1 Å². The fraction of sp³-hybridized carbons (Fsp3) is 0.577. The van der Waals surface area contributed by atoms with Gasteiger partial charge >= 0.3 is 6.09 Å². The van der Waals surface area contributed by atoms with Crippen molar-refractivity contribution in [3.8, 4) is 11.5 Å². The number of anilines is 1. The highest BCUT2D eigenvalue weighted by molar-refractivity contribution is 5.91. The van der Waals surface area contributed by atoms with Crippen LogP contribution in [0.3, 0.4) is 0 Å². The van der Waals surface area contributed by atoms with E-state index in [-0.39, 0.29) is 35.9 Å². The van der Waals surface area contributed by atoms with Crippen molar-refractivity contribution in [3.05, 3.63) is 41.0 Å². The number of hydrogen-bond donors (Lipinski definition) is 3. The zero-order valence-corrected chi connectivity index (χ0v) is 19.9. The van der Waals surface area contributed by atoms with E-state index in [1.165, 1.54) is 10.5 Å². The van der Waals surface area contributed by atoms with E-state index in [9.17, 15) is 20.1 Å². The third-order valence-electron chi connectivity index (χ3n) is 6.54. The number of ether oxygens (including phenoxy) is 1. The Kier molecular flexibility index (Phi) is 6.94. The number of allylic oxidation sites excluding steroid dienone is 3. The van der Waals surface area contributed by atoms with Crippen molar-refractivity contribution in [3.63, 3.8) is 0 Å². The van der Waals surface area contributed by atoms with Gasteiger partial charge in [0.15, 0.2) is 0 Å². The molecular weight excluding hydrogens is 406 g/mol. The molecule has 1 heterocycles. The molecule has 0 aromatic heterocycles. The van der Waals surface area contributed by atoms with Crippen molar-refractivity contribution in [2.45, 2.75) is 77.7 Å². The summed E-state index contributed by atoms with van der Waals surface area (Å²) in [6, 6.07) is 1.57. The summed E-state index contributed by atoms with van der Waals surface area (Å²) in [7, 11) is 0. The lowest BCUT2D eigenvalue weighted by atomic mass is 9.72. The van der Waals surface area contributed by atoms with Crippen LogP contribution in [0.15, 0.2) is 29.9 Å². The number of aliphatic hydroxyl groups excluding tert-OH is 1. The van der Waals surface area contributed by atoms with Crippen LogP contribution < -0.4 is 4.90 Å². The maximum absolute atomic E-state index is 12.9. The fourth-order valence-corrected chi connectivity index (χ4v) is 5.03. The Morgan fingerprint density at radius 1 is 1.25 bits per heavy atom. The van der Waals surface area contributed by atoms with Crippen LogP contribution >= 0.6 is 0 Å². The summed E-state index contributed by atoms with van der Waals surface area (Å²) in [6.07, 6.45) is 4.52. The number of benzene rings is 1. The van der Waals surface area contributed by atoms with Crippen LogP contribution in [-0.2, 0) is 4.74 Å². The Hall–Kier alpha value is -2.47. The number of phenols is 2. The third kappa shape index (κ3) is 4.80. The number of aromatic hydroxyl groups is 2. The number of nitrogens with zero attached hydrogens (tertiary/aromatic N) is 1. The maximum atomic E-state index is 12.9. The smallest absolute Gasteiger partial charge is 0.414 e. The lowest BCUT2D eigenvalue weighted by Crippen LogP contribution is -2.40. The number of rotatable bonds is 4. The molecule has 176 valence electrons. The zero-order valence-electron chi connectivity index (χ0n) is 19.9. The van der Waals surface area contributed by atoms with Crippen LogP contribution in [0.4, 0.5) is 10.5 Å². The number of hydrogen-bond acceptors (Lipinski definition) is 5. The van der Waals surface area contributed by atoms with E-state index in [2.05, 4.69) is 19.6 Å². The zero-order chi connectivity index (χ0) is 23.8. The van der Waals surface area contributed by atoms with Gasteiger partial charge in [0.2, 0.25) is 0 Å². The van der Waals surface area contributed by atoms with E-state index in [0.717, 1.165) is 18.4 Å². The van der Waals surface area contributed by atoms with Gasteiger partial charge in [0.1, 0.15) is 17.1 Å². The summed E-state index contributed by atoms with van der Waals surface area (Å²) in [6.45, 7) is 14.0. The molecule has 0 bridgehead atoms. The van der Waals surface area contributed by atoms with Crippen LogP contribution in [0.2, 0.25) is 0 Å². The highest BCUT2D eigenvalue weighted by atomic mass is 16.6. The molecule has 3 rings (SSSR count). The molecule has 0 saturated heterocycles. The molecule has 6 nitrogen and oxygen atoms in total. The number of carbonyl (C=O) groups is 1. The van der Waals surface area contributed by atoms with Crippen molar-refractivity contribution in [1.82, 2.24) is 0 Å². The SMILES string of the molecule is C=C(C)[C@@H]1CCC(C)=C[C@H]1c1c(O)cc2c(c1O)[C@H](CCO)CCN2C(=O)OC(C)(C)C. The number of carbonyl (C=O) groups excluding carboxylic acids is 1. The van der Waals surface area contributed by atoms with Gasteiger partial charge in [0.25, 0.3) is 0 Å². The van der Waals surface area contributed by atoms with E-state index < -0.39 is 11.7 Å². The molecule has 3 N–H and O–H groups in total. The minimum atomic E-state index is -0.664. The van der Waals surface area contributed by atoms with E-state index >= 15 is 0 Å². The molecule has 1 aliphatic carbocycles. The first-order valence-corrected chi connectivity index (χ1v) is 11.5. The largest absolute Gasteiger partial charge is 0.507 e. The highest BCUT2D eigenvalue weighted by Gasteiger charge is 2.38. The molecule has 0 fully saturated rings. The summed E-state index contributed by atoms with van der Waals surface area (Å²) in [5.41, 5.74) is 3.09. The van der Waals surface area contributed by atoms with Gasteiger partial charge < -0.3 is 20.1 Å². The normalized spacial score (nSPS) is 23.4. The predicted octanol–water partition coefficient (Wildman–Crippen LogP) is 5.73. The molecule has 0 radical (unpaired) electrons. The minimum Gasteiger partial charge on any atom is -0.507 e. The van der Waals surface area contributed by atoms with E-state index in [4.69, 9.17) is 4.74 Å². The third-order valence-corrected chi connectivity index (χ3v) is 6.54. The highest BCUT2D eigenvalue weighted by Crippen LogP contribution is 2.53. The molecule has 1 amide bonds. The summed E-state index contributed by atoms with van der Waals surface area (Å²) in [5.74, 6) is -0.242. The Labute approximate surface area is 191 Å². The molecule has 3 atom stereocenters. The van der Waals surface area contributed by atoms with E-state index in [1.807, 2.05) is 6.92 Å². The quantitative estimate of drug-likeness (QED) is 0.518. The Balaban J connectivity index is 2.16. The maximum Gasteiger partial charge on any atom is 0.414 e. The number of aliphatic hydroxyl groups is 1. The van der Waals surface area contributed by atoms with Gasteiger partial charge in [-0.25, -0.2) is 4.79 Å². The Bertz CT molecular complexity index is 927. The molecule has 32 heavy (non-hydrogen) atoms. The number of fused-ring (bicyclic) bond motifs is 1. The summed E-state index contributed by atoms with van der Waals surface area (Å²) >= 11 is 0. The topological polar surface area (TPSA) is 90.2 Å². The standard InChI is InChI=1S/C26H37NO5/c1-15(2)18-8-7-16(3)13-19(18)23-21(29)14-20-22(24(23)30)17(10-12-28)9-11-27(20)25(31)32-26(4,5)6/h13-14,17-19,28-30H,1,7-12H2,2-6H3/t17-,18-,19+/m0/s1. The van der Waals surface area contributed by atoms with Crippen molar-refractivity contribution in [2.75, 3.05) is 18.1 Å². The van der Waals surface area contributed by atoms with Crippen LogP contribution in [0.1, 0.15) is 83.3 Å². The molecule has 0 spiro atoms.